The summed E-state index contributed by atoms with van der Waals surface area (Å²) in [5.41, 5.74) is 4.92. The first-order chi connectivity index (χ1) is 13.7. The zero-order valence-electron chi connectivity index (χ0n) is 17.8. The number of rotatable bonds is 6. The first kappa shape index (κ1) is 20.5. The van der Waals surface area contributed by atoms with Gasteiger partial charge in [0.2, 0.25) is 5.91 Å². The quantitative estimate of drug-likeness (QED) is 0.674. The molecular formula is C22H27N5O2. The molecule has 152 valence electrons. The highest BCUT2D eigenvalue weighted by Crippen LogP contribution is 2.24. The highest BCUT2D eigenvalue weighted by atomic mass is 16.5. The molecule has 0 unspecified atom stereocenters. The Morgan fingerprint density at radius 3 is 2.48 bits per heavy atom. The molecule has 0 saturated heterocycles. The van der Waals surface area contributed by atoms with E-state index >= 15 is 0 Å². The van der Waals surface area contributed by atoms with Crippen LogP contribution in [0.15, 0.2) is 35.0 Å². The highest BCUT2D eigenvalue weighted by molar-refractivity contribution is 5.95. The number of nitrogens with zero attached hydrogens (tertiary/aromatic N) is 4. The lowest BCUT2D eigenvalue weighted by molar-refractivity contribution is -0.114. The van der Waals surface area contributed by atoms with Gasteiger partial charge in [-0.05, 0) is 44.0 Å². The SMILES string of the molecule is Cc1cc(C)c(NC(=O)CN(C)c2cc(-c3nc(C(C)C)no3)ccn2)c(C)c1. The first-order valence-electron chi connectivity index (χ1n) is 9.63. The van der Waals surface area contributed by atoms with Crippen molar-refractivity contribution in [2.75, 3.05) is 23.8 Å². The number of likely N-dealkylation sites (N-methyl/N-ethyl adjacent to an activating group) is 1. The smallest absolute Gasteiger partial charge is 0.258 e. The molecule has 1 amide bonds. The minimum Gasteiger partial charge on any atom is -0.350 e. The van der Waals surface area contributed by atoms with Crippen molar-refractivity contribution in [3.63, 3.8) is 0 Å². The van der Waals surface area contributed by atoms with Gasteiger partial charge in [0.15, 0.2) is 5.82 Å². The average Bonchev–Trinajstić information content (AvgIpc) is 3.15. The number of aromatic nitrogens is 3. The van der Waals surface area contributed by atoms with Gasteiger partial charge in [-0.15, -0.1) is 0 Å². The second-order valence-electron chi connectivity index (χ2n) is 7.69. The predicted octanol–water partition coefficient (Wildman–Crippen LogP) is 4.26. The Bertz CT molecular complexity index is 1000. The van der Waals surface area contributed by atoms with E-state index in [9.17, 15) is 4.79 Å². The Labute approximate surface area is 171 Å². The van der Waals surface area contributed by atoms with E-state index in [1.807, 2.05) is 53.8 Å². The number of pyridine rings is 1. The lowest BCUT2D eigenvalue weighted by Gasteiger charge is -2.19. The molecule has 0 aliphatic carbocycles. The van der Waals surface area contributed by atoms with Crippen molar-refractivity contribution in [2.24, 2.45) is 0 Å². The summed E-state index contributed by atoms with van der Waals surface area (Å²) < 4.78 is 5.36. The average molecular weight is 393 g/mol. The topological polar surface area (TPSA) is 84.2 Å². The largest absolute Gasteiger partial charge is 0.350 e. The molecule has 1 N–H and O–H groups in total. The van der Waals surface area contributed by atoms with Gasteiger partial charge in [-0.3, -0.25) is 4.79 Å². The lowest BCUT2D eigenvalue weighted by atomic mass is 10.1. The summed E-state index contributed by atoms with van der Waals surface area (Å²) in [6.45, 7) is 10.2. The van der Waals surface area contributed by atoms with Gasteiger partial charge >= 0.3 is 0 Å². The highest BCUT2D eigenvalue weighted by Gasteiger charge is 2.15. The summed E-state index contributed by atoms with van der Waals surface area (Å²) in [5, 5.41) is 7.02. The van der Waals surface area contributed by atoms with Crippen LogP contribution in [-0.2, 0) is 4.79 Å². The normalized spacial score (nSPS) is 11.0. The number of carbonyl (C=O) groups excluding carboxylic acids is 1. The maximum Gasteiger partial charge on any atom is 0.258 e. The van der Waals surface area contributed by atoms with E-state index in [-0.39, 0.29) is 18.4 Å². The van der Waals surface area contributed by atoms with Crippen molar-refractivity contribution in [1.29, 1.82) is 0 Å². The number of carbonyl (C=O) groups is 1. The second-order valence-corrected chi connectivity index (χ2v) is 7.69. The molecule has 7 nitrogen and oxygen atoms in total. The molecule has 7 heteroatoms. The number of amides is 1. The van der Waals surface area contributed by atoms with Gasteiger partial charge in [-0.25, -0.2) is 4.98 Å². The van der Waals surface area contributed by atoms with Crippen molar-refractivity contribution in [1.82, 2.24) is 15.1 Å². The third kappa shape index (κ3) is 4.80. The molecule has 0 bridgehead atoms. The molecule has 0 fully saturated rings. The number of hydrogen-bond donors (Lipinski definition) is 1. The van der Waals surface area contributed by atoms with Crippen LogP contribution in [0.5, 0.6) is 0 Å². The number of anilines is 2. The van der Waals surface area contributed by atoms with Crippen LogP contribution < -0.4 is 10.2 Å². The Balaban J connectivity index is 1.72. The third-order valence-corrected chi connectivity index (χ3v) is 4.66. The van der Waals surface area contributed by atoms with E-state index in [2.05, 4.69) is 32.6 Å². The Hall–Kier alpha value is -3.22. The molecule has 0 saturated carbocycles. The standard InChI is InChI=1S/C22H27N5O2/c1-13(2)21-25-22(29-26-21)17-7-8-23-18(11-17)27(6)12-19(28)24-20-15(4)9-14(3)10-16(20)5/h7-11,13H,12H2,1-6H3,(H,24,28). The molecule has 1 aromatic carbocycles. The van der Waals surface area contributed by atoms with Crippen LogP contribution in [0.25, 0.3) is 11.5 Å². The molecule has 0 radical (unpaired) electrons. The van der Waals surface area contributed by atoms with Crippen molar-refractivity contribution in [3.8, 4) is 11.5 Å². The molecule has 2 aromatic heterocycles. The van der Waals surface area contributed by atoms with Gasteiger partial charge < -0.3 is 14.7 Å². The number of hydrogen-bond acceptors (Lipinski definition) is 6. The predicted molar refractivity (Wildman–Crippen MR) is 114 cm³/mol. The number of nitrogens with one attached hydrogen (secondary N) is 1. The maximum atomic E-state index is 12.6. The van der Waals surface area contributed by atoms with Crippen molar-refractivity contribution < 1.29 is 9.32 Å². The molecule has 0 spiro atoms. The van der Waals surface area contributed by atoms with Crippen molar-refractivity contribution >= 4 is 17.4 Å². The Morgan fingerprint density at radius 2 is 1.86 bits per heavy atom. The van der Waals surface area contributed by atoms with Crippen LogP contribution in [0, 0.1) is 20.8 Å². The minimum absolute atomic E-state index is 0.102. The van der Waals surface area contributed by atoms with E-state index < -0.39 is 0 Å². The maximum absolute atomic E-state index is 12.6. The summed E-state index contributed by atoms with van der Waals surface area (Å²) in [6.07, 6.45) is 1.67. The van der Waals surface area contributed by atoms with Crippen LogP contribution >= 0.6 is 0 Å². The first-order valence-corrected chi connectivity index (χ1v) is 9.63. The molecule has 0 aliphatic rings. The molecule has 3 aromatic rings. The van der Waals surface area contributed by atoms with Crippen LogP contribution in [0.2, 0.25) is 0 Å². The third-order valence-electron chi connectivity index (χ3n) is 4.66. The van der Waals surface area contributed by atoms with E-state index in [0.29, 0.717) is 17.5 Å². The summed E-state index contributed by atoms with van der Waals surface area (Å²) >= 11 is 0. The lowest BCUT2D eigenvalue weighted by Crippen LogP contribution is -2.31. The van der Waals surface area contributed by atoms with Gasteiger partial charge in [0.1, 0.15) is 5.82 Å². The van der Waals surface area contributed by atoms with Gasteiger partial charge in [0, 0.05) is 30.4 Å². The summed E-state index contributed by atoms with van der Waals surface area (Å²) in [4.78, 5) is 23.2. The van der Waals surface area contributed by atoms with Crippen LogP contribution in [0.3, 0.4) is 0 Å². The monoisotopic (exact) mass is 393 g/mol. The molecular weight excluding hydrogens is 366 g/mol. The summed E-state index contributed by atoms with van der Waals surface area (Å²) in [5.74, 6) is 1.85. The van der Waals surface area contributed by atoms with Crippen molar-refractivity contribution in [2.45, 2.75) is 40.5 Å². The van der Waals surface area contributed by atoms with Gasteiger partial charge in [0.05, 0.1) is 6.54 Å². The van der Waals surface area contributed by atoms with Crippen LogP contribution in [0.4, 0.5) is 11.5 Å². The molecule has 2 heterocycles. The Kier molecular flexibility index (Phi) is 5.96. The van der Waals surface area contributed by atoms with E-state index in [1.54, 1.807) is 11.1 Å². The molecule has 29 heavy (non-hydrogen) atoms. The second kappa shape index (κ2) is 8.43. The zero-order chi connectivity index (χ0) is 21.1. The van der Waals surface area contributed by atoms with Gasteiger partial charge in [0.25, 0.3) is 5.89 Å². The zero-order valence-corrected chi connectivity index (χ0v) is 17.8. The van der Waals surface area contributed by atoms with Gasteiger partial charge in [-0.2, -0.15) is 4.98 Å². The Morgan fingerprint density at radius 1 is 1.17 bits per heavy atom. The minimum atomic E-state index is -0.102. The fourth-order valence-corrected chi connectivity index (χ4v) is 3.20. The fraction of sp³-hybridized carbons (Fsp3) is 0.364. The number of benzene rings is 1. The van der Waals surface area contributed by atoms with Crippen molar-refractivity contribution in [3.05, 3.63) is 53.0 Å². The van der Waals surface area contributed by atoms with E-state index in [1.165, 1.54) is 5.56 Å². The molecule has 0 atom stereocenters. The summed E-state index contributed by atoms with van der Waals surface area (Å²) in [7, 11) is 1.83. The number of aryl methyl sites for hydroxylation is 3. The summed E-state index contributed by atoms with van der Waals surface area (Å²) in [6, 6.07) is 7.78. The molecule has 0 aliphatic heterocycles. The van der Waals surface area contributed by atoms with Gasteiger partial charge in [-0.1, -0.05) is 36.7 Å². The fourth-order valence-electron chi connectivity index (χ4n) is 3.20. The molecule has 3 rings (SSSR count). The van der Waals surface area contributed by atoms with E-state index in [0.717, 1.165) is 22.4 Å². The van der Waals surface area contributed by atoms with Crippen LogP contribution in [0.1, 0.15) is 42.3 Å². The van der Waals surface area contributed by atoms with E-state index in [4.69, 9.17) is 4.52 Å². The van der Waals surface area contributed by atoms with Crippen LogP contribution in [-0.4, -0.2) is 34.6 Å².